The summed E-state index contributed by atoms with van der Waals surface area (Å²) in [4.78, 5) is 10.7. The first-order valence-electron chi connectivity index (χ1n) is 10.4. The molecule has 0 N–H and O–H groups in total. The number of ether oxygens (including phenoxy) is 2. The number of carbonyl (C=O) groups excluding carboxylic acids is 1. The Morgan fingerprint density at radius 2 is 1.33 bits per heavy atom. The van der Waals surface area contributed by atoms with Crippen molar-refractivity contribution in [2.75, 3.05) is 0 Å². The van der Waals surface area contributed by atoms with E-state index in [2.05, 4.69) is 6.92 Å². The van der Waals surface area contributed by atoms with E-state index < -0.39 is 5.79 Å². The second-order valence-electron chi connectivity index (χ2n) is 7.84. The van der Waals surface area contributed by atoms with Crippen molar-refractivity contribution in [3.63, 3.8) is 0 Å². The molecule has 0 saturated carbocycles. The van der Waals surface area contributed by atoms with E-state index in [0.29, 0.717) is 6.42 Å². The van der Waals surface area contributed by atoms with Gasteiger partial charge in [-0.05, 0) is 20.3 Å². The van der Waals surface area contributed by atoms with Crippen LogP contribution in [0.3, 0.4) is 0 Å². The average Bonchev–Trinajstić information content (AvgIpc) is 2.51. The molecule has 0 radical (unpaired) electrons. The number of aldehydes is 1. The zero-order valence-electron chi connectivity index (χ0n) is 16.4. The Hall–Kier alpha value is -0.410. The molecule has 0 aliphatic carbocycles. The summed E-state index contributed by atoms with van der Waals surface area (Å²) in [7, 11) is 0. The van der Waals surface area contributed by atoms with E-state index in [1.165, 1.54) is 70.6 Å². The molecule has 0 unspecified atom stereocenters. The highest BCUT2D eigenvalue weighted by molar-refractivity contribution is 5.50. The number of hydrogen-bond donors (Lipinski definition) is 0. The first-order chi connectivity index (χ1) is 11.6. The van der Waals surface area contributed by atoms with Gasteiger partial charge in [-0.15, -0.1) is 0 Å². The maximum absolute atomic E-state index is 10.7. The quantitative estimate of drug-likeness (QED) is 0.279. The van der Waals surface area contributed by atoms with Crippen LogP contribution in [0.5, 0.6) is 0 Å². The van der Waals surface area contributed by atoms with Crippen LogP contribution in [0.1, 0.15) is 111 Å². The topological polar surface area (TPSA) is 35.5 Å². The van der Waals surface area contributed by atoms with Crippen molar-refractivity contribution in [3.05, 3.63) is 0 Å². The van der Waals surface area contributed by atoms with Crippen LogP contribution >= 0.6 is 0 Å². The highest BCUT2D eigenvalue weighted by Gasteiger charge is 2.34. The lowest BCUT2D eigenvalue weighted by Crippen LogP contribution is -2.44. The van der Waals surface area contributed by atoms with Crippen LogP contribution in [0.4, 0.5) is 0 Å². The van der Waals surface area contributed by atoms with Crippen molar-refractivity contribution >= 4 is 6.29 Å². The highest BCUT2D eigenvalue weighted by atomic mass is 16.7. The smallest absolute Gasteiger partial charge is 0.163 e. The largest absolute Gasteiger partial charge is 0.347 e. The molecule has 3 nitrogen and oxygen atoms in total. The van der Waals surface area contributed by atoms with Gasteiger partial charge in [0.1, 0.15) is 6.29 Å². The minimum Gasteiger partial charge on any atom is -0.347 e. The monoisotopic (exact) mass is 340 g/mol. The van der Waals surface area contributed by atoms with E-state index in [1.807, 2.05) is 13.8 Å². The van der Waals surface area contributed by atoms with Gasteiger partial charge < -0.3 is 14.3 Å². The second-order valence-corrected chi connectivity index (χ2v) is 7.84. The van der Waals surface area contributed by atoms with Crippen LogP contribution in [0.15, 0.2) is 0 Å². The maximum atomic E-state index is 10.7. The molecule has 0 aromatic heterocycles. The van der Waals surface area contributed by atoms with E-state index in [-0.39, 0.29) is 12.2 Å². The van der Waals surface area contributed by atoms with Gasteiger partial charge in [-0.1, -0.05) is 77.6 Å². The van der Waals surface area contributed by atoms with Crippen LogP contribution in [-0.2, 0) is 14.3 Å². The third kappa shape index (κ3) is 10.5. The molecule has 1 heterocycles. The van der Waals surface area contributed by atoms with Gasteiger partial charge in [0.25, 0.3) is 0 Å². The van der Waals surface area contributed by atoms with Gasteiger partial charge in [-0.25, -0.2) is 0 Å². The molecule has 0 spiro atoms. The molecule has 142 valence electrons. The lowest BCUT2D eigenvalue weighted by atomic mass is 10.00. The molecule has 1 aliphatic heterocycles. The van der Waals surface area contributed by atoms with Crippen LogP contribution in [-0.4, -0.2) is 24.3 Å². The summed E-state index contributed by atoms with van der Waals surface area (Å²) in [6.45, 7) is 6.18. The molecule has 1 fully saturated rings. The van der Waals surface area contributed by atoms with Crippen LogP contribution < -0.4 is 0 Å². The maximum Gasteiger partial charge on any atom is 0.163 e. The fourth-order valence-corrected chi connectivity index (χ4v) is 3.68. The normalized spacial score (nSPS) is 23.3. The third-order valence-electron chi connectivity index (χ3n) is 4.92. The lowest BCUT2D eigenvalue weighted by molar-refractivity contribution is -0.299. The van der Waals surface area contributed by atoms with Gasteiger partial charge in [0.15, 0.2) is 5.79 Å². The fourth-order valence-electron chi connectivity index (χ4n) is 3.68. The summed E-state index contributed by atoms with van der Waals surface area (Å²) in [6.07, 6.45) is 18.7. The molecule has 1 aliphatic rings. The molecular weight excluding hydrogens is 300 g/mol. The Morgan fingerprint density at radius 3 is 1.88 bits per heavy atom. The zero-order chi connectivity index (χ0) is 17.7. The molecule has 24 heavy (non-hydrogen) atoms. The standard InChI is InChI=1S/C21H40O3/c1-4-5-6-7-8-9-10-11-12-13-14-15-19-18-20(16-17-22)24-21(2,3)23-19/h17,19-20H,4-16,18H2,1-3H3/t19-,20+/m0/s1. The first-order valence-corrected chi connectivity index (χ1v) is 10.4. The van der Waals surface area contributed by atoms with Crippen molar-refractivity contribution in [2.24, 2.45) is 0 Å². The molecule has 1 rings (SSSR count). The lowest BCUT2D eigenvalue weighted by Gasteiger charge is -2.40. The highest BCUT2D eigenvalue weighted by Crippen LogP contribution is 2.30. The third-order valence-corrected chi connectivity index (χ3v) is 4.92. The molecule has 2 atom stereocenters. The van der Waals surface area contributed by atoms with Gasteiger partial charge in [0.05, 0.1) is 12.2 Å². The SMILES string of the molecule is CCCCCCCCCCCCC[C@H]1C[C@@H](CC=O)OC(C)(C)O1. The predicted molar refractivity (Wildman–Crippen MR) is 100 cm³/mol. The summed E-state index contributed by atoms with van der Waals surface area (Å²) < 4.78 is 11.8. The molecule has 0 aromatic rings. The van der Waals surface area contributed by atoms with E-state index in [1.54, 1.807) is 0 Å². The van der Waals surface area contributed by atoms with Gasteiger partial charge in [0.2, 0.25) is 0 Å². The molecule has 3 heteroatoms. The Labute approximate surface area is 149 Å². The Bertz CT molecular complexity index is 314. The van der Waals surface area contributed by atoms with E-state index >= 15 is 0 Å². The van der Waals surface area contributed by atoms with E-state index in [4.69, 9.17) is 9.47 Å². The van der Waals surface area contributed by atoms with Crippen molar-refractivity contribution in [2.45, 2.75) is 129 Å². The van der Waals surface area contributed by atoms with Gasteiger partial charge in [-0.3, -0.25) is 0 Å². The summed E-state index contributed by atoms with van der Waals surface area (Å²) in [6, 6.07) is 0. The fraction of sp³-hybridized carbons (Fsp3) is 0.952. The van der Waals surface area contributed by atoms with Crippen LogP contribution in [0.25, 0.3) is 0 Å². The molecule has 1 saturated heterocycles. The van der Waals surface area contributed by atoms with Gasteiger partial charge in [0, 0.05) is 12.8 Å². The number of rotatable bonds is 14. The number of carbonyl (C=O) groups is 1. The van der Waals surface area contributed by atoms with Crippen molar-refractivity contribution < 1.29 is 14.3 Å². The minimum atomic E-state index is -0.547. The van der Waals surface area contributed by atoms with Crippen molar-refractivity contribution in [3.8, 4) is 0 Å². The Balaban J connectivity index is 1.99. The Kier molecular flexibility index (Phi) is 11.6. The summed E-state index contributed by atoms with van der Waals surface area (Å²) >= 11 is 0. The summed E-state index contributed by atoms with van der Waals surface area (Å²) in [5.41, 5.74) is 0. The second kappa shape index (κ2) is 12.9. The number of unbranched alkanes of at least 4 members (excludes halogenated alkanes) is 10. The summed E-state index contributed by atoms with van der Waals surface area (Å²) in [5, 5.41) is 0. The molecule has 0 amide bonds. The van der Waals surface area contributed by atoms with E-state index in [9.17, 15) is 4.79 Å². The van der Waals surface area contributed by atoms with Gasteiger partial charge in [-0.2, -0.15) is 0 Å². The van der Waals surface area contributed by atoms with Crippen molar-refractivity contribution in [1.82, 2.24) is 0 Å². The summed E-state index contributed by atoms with van der Waals surface area (Å²) in [5.74, 6) is -0.547. The molecular formula is C21H40O3. The zero-order valence-corrected chi connectivity index (χ0v) is 16.4. The molecule has 0 bridgehead atoms. The Morgan fingerprint density at radius 1 is 0.833 bits per heavy atom. The predicted octanol–water partition coefficient (Wildman–Crippen LogP) is 6.19. The average molecular weight is 341 g/mol. The molecule has 0 aromatic carbocycles. The number of hydrogen-bond acceptors (Lipinski definition) is 3. The van der Waals surface area contributed by atoms with Gasteiger partial charge >= 0.3 is 0 Å². The van der Waals surface area contributed by atoms with Crippen LogP contribution in [0, 0.1) is 0 Å². The van der Waals surface area contributed by atoms with Crippen molar-refractivity contribution in [1.29, 1.82) is 0 Å². The minimum absolute atomic E-state index is 0.0314. The van der Waals surface area contributed by atoms with Crippen LogP contribution in [0.2, 0.25) is 0 Å². The first kappa shape index (κ1) is 21.6. The van der Waals surface area contributed by atoms with E-state index in [0.717, 1.165) is 19.1 Å².